The van der Waals surface area contributed by atoms with E-state index in [1.165, 1.54) is 0 Å². The Morgan fingerprint density at radius 2 is 1.71 bits per heavy atom. The topological polar surface area (TPSA) is 12.0 Å². The first-order chi connectivity index (χ1) is 6.56. The Balaban J connectivity index is 3.11. The molecule has 0 radical (unpaired) electrons. The van der Waals surface area contributed by atoms with Crippen LogP contribution >= 0.6 is 23.2 Å². The second-order valence-corrected chi connectivity index (χ2v) is 4.47. The molecule has 0 spiro atoms. The lowest BCUT2D eigenvalue weighted by Gasteiger charge is -2.12. The number of benzene rings is 1. The molecule has 0 fully saturated rings. The quantitative estimate of drug-likeness (QED) is 0.834. The van der Waals surface area contributed by atoms with E-state index >= 15 is 0 Å². The molecule has 0 unspecified atom stereocenters. The van der Waals surface area contributed by atoms with Gasteiger partial charge in [0.25, 0.3) is 0 Å². The zero-order chi connectivity index (χ0) is 10.7. The Bertz CT molecular complexity index is 298. The second kappa shape index (κ2) is 5.01. The van der Waals surface area contributed by atoms with E-state index in [9.17, 15) is 0 Å². The van der Waals surface area contributed by atoms with Gasteiger partial charge in [-0.25, -0.2) is 0 Å². The zero-order valence-corrected chi connectivity index (χ0v) is 10.2. The fourth-order valence-corrected chi connectivity index (χ4v) is 2.46. The fourth-order valence-electron chi connectivity index (χ4n) is 1.49. The average Bonchev–Trinajstić information content (AvgIpc) is 2.01. The van der Waals surface area contributed by atoms with Gasteiger partial charge in [0.05, 0.1) is 0 Å². The molecule has 0 aromatic heterocycles. The molecule has 0 aliphatic rings. The first kappa shape index (κ1) is 11.8. The number of hydrogen-bond acceptors (Lipinski definition) is 1. The summed E-state index contributed by atoms with van der Waals surface area (Å²) < 4.78 is 0. The van der Waals surface area contributed by atoms with Gasteiger partial charge in [-0.15, -0.1) is 0 Å². The van der Waals surface area contributed by atoms with Crippen LogP contribution in [0.15, 0.2) is 12.1 Å². The largest absolute Gasteiger partial charge is 0.316 e. The van der Waals surface area contributed by atoms with E-state index in [4.69, 9.17) is 23.2 Å². The molecule has 0 atom stereocenters. The van der Waals surface area contributed by atoms with Crippen molar-refractivity contribution >= 4 is 23.2 Å². The molecule has 1 aromatic carbocycles. The number of hydrogen-bond donors (Lipinski definition) is 1. The maximum absolute atomic E-state index is 6.15. The van der Waals surface area contributed by atoms with Gasteiger partial charge in [-0.1, -0.05) is 37.0 Å². The lowest BCUT2D eigenvalue weighted by atomic mass is 10.0. The third-order valence-electron chi connectivity index (χ3n) is 2.10. The molecular weight excluding hydrogens is 217 g/mol. The van der Waals surface area contributed by atoms with E-state index in [0.717, 1.165) is 27.7 Å². The minimum absolute atomic E-state index is 0.360. The number of rotatable bonds is 3. The van der Waals surface area contributed by atoms with Gasteiger partial charge in [-0.2, -0.15) is 0 Å². The first-order valence-corrected chi connectivity index (χ1v) is 5.44. The molecule has 1 nitrogen and oxygen atoms in total. The minimum atomic E-state index is 0.360. The van der Waals surface area contributed by atoms with Crippen LogP contribution in [0.2, 0.25) is 10.0 Å². The minimum Gasteiger partial charge on any atom is -0.316 e. The normalized spacial score (nSPS) is 11.0. The van der Waals surface area contributed by atoms with Crippen LogP contribution in [0.4, 0.5) is 0 Å². The Hall–Kier alpha value is -0.240. The monoisotopic (exact) mass is 231 g/mol. The van der Waals surface area contributed by atoms with Crippen LogP contribution in [0, 0.1) is 0 Å². The zero-order valence-electron chi connectivity index (χ0n) is 8.70. The smallest absolute Gasteiger partial charge is 0.0458 e. The van der Waals surface area contributed by atoms with Gasteiger partial charge in [0.15, 0.2) is 0 Å². The van der Waals surface area contributed by atoms with Crippen LogP contribution in [-0.2, 0) is 6.54 Å². The SMILES string of the molecule is CNCc1cc(Cl)c(C(C)C)c(Cl)c1. The Morgan fingerprint density at radius 1 is 1.21 bits per heavy atom. The molecular formula is C11H15Cl2N. The van der Waals surface area contributed by atoms with Crippen molar-refractivity contribution in [1.82, 2.24) is 5.32 Å². The summed E-state index contributed by atoms with van der Waals surface area (Å²) in [6.45, 7) is 4.97. The fraction of sp³-hybridized carbons (Fsp3) is 0.455. The molecule has 1 aromatic rings. The summed E-state index contributed by atoms with van der Waals surface area (Å²) in [5.41, 5.74) is 2.15. The highest BCUT2D eigenvalue weighted by Crippen LogP contribution is 2.32. The van der Waals surface area contributed by atoms with Gasteiger partial charge in [0.2, 0.25) is 0 Å². The highest BCUT2D eigenvalue weighted by molar-refractivity contribution is 6.36. The summed E-state index contributed by atoms with van der Waals surface area (Å²) in [6.07, 6.45) is 0. The van der Waals surface area contributed by atoms with Gasteiger partial charge in [-0.05, 0) is 36.2 Å². The van der Waals surface area contributed by atoms with Crippen LogP contribution < -0.4 is 5.32 Å². The molecule has 0 saturated carbocycles. The maximum atomic E-state index is 6.15. The average molecular weight is 232 g/mol. The molecule has 1 rings (SSSR count). The summed E-state index contributed by atoms with van der Waals surface area (Å²) in [6, 6.07) is 3.94. The van der Waals surface area contributed by atoms with Crippen molar-refractivity contribution in [1.29, 1.82) is 0 Å². The first-order valence-electron chi connectivity index (χ1n) is 4.68. The van der Waals surface area contributed by atoms with E-state index in [1.807, 2.05) is 19.2 Å². The van der Waals surface area contributed by atoms with Crippen molar-refractivity contribution in [3.8, 4) is 0 Å². The molecule has 3 heteroatoms. The third-order valence-corrected chi connectivity index (χ3v) is 2.72. The van der Waals surface area contributed by atoms with Crippen molar-refractivity contribution in [2.24, 2.45) is 0 Å². The summed E-state index contributed by atoms with van der Waals surface area (Å²) in [5, 5.41) is 4.59. The molecule has 0 aliphatic carbocycles. The van der Waals surface area contributed by atoms with Crippen molar-refractivity contribution in [2.45, 2.75) is 26.3 Å². The number of nitrogens with one attached hydrogen (secondary N) is 1. The maximum Gasteiger partial charge on any atom is 0.0458 e. The number of halogens is 2. The summed E-state index contributed by atoms with van der Waals surface area (Å²) in [5.74, 6) is 0.360. The van der Waals surface area contributed by atoms with E-state index in [2.05, 4.69) is 19.2 Å². The van der Waals surface area contributed by atoms with E-state index < -0.39 is 0 Å². The second-order valence-electron chi connectivity index (χ2n) is 3.66. The summed E-state index contributed by atoms with van der Waals surface area (Å²) in [7, 11) is 1.90. The van der Waals surface area contributed by atoms with Crippen molar-refractivity contribution in [3.63, 3.8) is 0 Å². The highest BCUT2D eigenvalue weighted by Gasteiger charge is 2.11. The summed E-state index contributed by atoms with van der Waals surface area (Å²) in [4.78, 5) is 0. The lowest BCUT2D eigenvalue weighted by Crippen LogP contribution is -2.05. The summed E-state index contributed by atoms with van der Waals surface area (Å²) >= 11 is 12.3. The van der Waals surface area contributed by atoms with Crippen molar-refractivity contribution in [2.75, 3.05) is 7.05 Å². The van der Waals surface area contributed by atoms with Crippen LogP contribution in [0.3, 0.4) is 0 Å². The predicted octanol–water partition coefficient (Wildman–Crippen LogP) is 3.84. The van der Waals surface area contributed by atoms with Crippen LogP contribution in [-0.4, -0.2) is 7.05 Å². The molecule has 0 saturated heterocycles. The molecule has 78 valence electrons. The molecule has 14 heavy (non-hydrogen) atoms. The van der Waals surface area contributed by atoms with Crippen molar-refractivity contribution < 1.29 is 0 Å². The molecule has 0 amide bonds. The Morgan fingerprint density at radius 3 is 2.07 bits per heavy atom. The Labute approximate surface area is 95.4 Å². The Kier molecular flexibility index (Phi) is 4.24. The molecule has 1 N–H and O–H groups in total. The van der Waals surface area contributed by atoms with Gasteiger partial charge < -0.3 is 5.32 Å². The van der Waals surface area contributed by atoms with Gasteiger partial charge in [0, 0.05) is 16.6 Å². The molecule has 0 bridgehead atoms. The highest BCUT2D eigenvalue weighted by atomic mass is 35.5. The van der Waals surface area contributed by atoms with Gasteiger partial charge in [-0.3, -0.25) is 0 Å². The van der Waals surface area contributed by atoms with Crippen LogP contribution in [0.1, 0.15) is 30.9 Å². The van der Waals surface area contributed by atoms with Crippen LogP contribution in [0.25, 0.3) is 0 Å². The van der Waals surface area contributed by atoms with Gasteiger partial charge in [0.1, 0.15) is 0 Å². The molecule has 0 heterocycles. The van der Waals surface area contributed by atoms with Crippen molar-refractivity contribution in [3.05, 3.63) is 33.3 Å². The van der Waals surface area contributed by atoms with E-state index in [-0.39, 0.29) is 0 Å². The predicted molar refractivity (Wildman–Crippen MR) is 63.3 cm³/mol. The van der Waals surface area contributed by atoms with E-state index in [0.29, 0.717) is 5.92 Å². The van der Waals surface area contributed by atoms with Crippen LogP contribution in [0.5, 0.6) is 0 Å². The standard InChI is InChI=1S/C11H15Cl2N/c1-7(2)11-9(12)4-8(6-14-3)5-10(11)13/h4-5,7,14H,6H2,1-3H3. The van der Waals surface area contributed by atoms with E-state index in [1.54, 1.807) is 0 Å². The lowest BCUT2D eigenvalue weighted by molar-refractivity contribution is 0.813. The molecule has 0 aliphatic heterocycles. The van der Waals surface area contributed by atoms with Gasteiger partial charge >= 0.3 is 0 Å². The third kappa shape index (κ3) is 2.63.